The number of carboxylic acid groups (broad SMARTS) is 1. The van der Waals surface area contributed by atoms with Crippen molar-refractivity contribution >= 4 is 35.1 Å². The zero-order valence-electron chi connectivity index (χ0n) is 16.7. The summed E-state index contributed by atoms with van der Waals surface area (Å²) in [6.07, 6.45) is 0. The number of rotatable bonds is 5. The summed E-state index contributed by atoms with van der Waals surface area (Å²) < 4.78 is 5.25. The lowest BCUT2D eigenvalue weighted by atomic mass is 10.1. The van der Waals surface area contributed by atoms with Crippen LogP contribution in [0.2, 0.25) is 0 Å². The number of amides is 3. The van der Waals surface area contributed by atoms with Crippen LogP contribution < -0.4 is 15.0 Å². The van der Waals surface area contributed by atoms with Crippen LogP contribution in [-0.4, -0.2) is 41.0 Å². The minimum atomic E-state index is -1.35. The lowest BCUT2D eigenvalue weighted by Gasteiger charge is -2.16. The van der Waals surface area contributed by atoms with Crippen LogP contribution in [0.5, 0.6) is 11.5 Å². The Balaban J connectivity index is 1.64. The number of fused-ring (bicyclic) bond motifs is 1. The van der Waals surface area contributed by atoms with Crippen molar-refractivity contribution in [2.45, 2.75) is 0 Å². The number of carboxylic acids is 1. The molecule has 32 heavy (non-hydrogen) atoms. The van der Waals surface area contributed by atoms with Gasteiger partial charge in [0.2, 0.25) is 0 Å². The van der Waals surface area contributed by atoms with Gasteiger partial charge < -0.3 is 20.3 Å². The number of hydrogen-bond donors (Lipinski definition) is 3. The number of aromatic hydroxyl groups is 1. The largest absolute Gasteiger partial charge is 0.507 e. The zero-order chi connectivity index (χ0) is 23.0. The molecule has 1 aliphatic heterocycles. The van der Waals surface area contributed by atoms with Crippen LogP contribution in [0, 0.1) is 0 Å². The number of anilines is 2. The van der Waals surface area contributed by atoms with Crippen LogP contribution in [0.3, 0.4) is 0 Å². The predicted octanol–water partition coefficient (Wildman–Crippen LogP) is 3.15. The summed E-state index contributed by atoms with van der Waals surface area (Å²) in [5, 5.41) is 21.2. The number of ether oxygens (including phenoxy) is 1. The highest BCUT2D eigenvalue weighted by Gasteiger charge is 2.38. The first-order valence-electron chi connectivity index (χ1n) is 9.35. The molecule has 0 radical (unpaired) electrons. The van der Waals surface area contributed by atoms with Crippen molar-refractivity contribution in [2.24, 2.45) is 0 Å². The van der Waals surface area contributed by atoms with Gasteiger partial charge in [-0.25, -0.2) is 9.69 Å². The van der Waals surface area contributed by atoms with E-state index in [4.69, 9.17) is 9.84 Å². The molecule has 0 bridgehead atoms. The topological polar surface area (TPSA) is 133 Å². The molecule has 0 aliphatic carbocycles. The number of para-hydroxylation sites is 2. The fraction of sp³-hybridized carbons (Fsp3) is 0.0435. The van der Waals surface area contributed by atoms with E-state index in [9.17, 15) is 24.3 Å². The van der Waals surface area contributed by atoms with Gasteiger partial charge in [-0.05, 0) is 48.5 Å². The van der Waals surface area contributed by atoms with Crippen molar-refractivity contribution in [3.63, 3.8) is 0 Å². The summed E-state index contributed by atoms with van der Waals surface area (Å²) in [6, 6.07) is 14.3. The maximum absolute atomic E-state index is 13.0. The van der Waals surface area contributed by atoms with E-state index >= 15 is 0 Å². The number of imide groups is 1. The minimum Gasteiger partial charge on any atom is -0.507 e. The number of methoxy groups -OCH3 is 1. The van der Waals surface area contributed by atoms with Crippen molar-refractivity contribution in [3.05, 3.63) is 82.9 Å². The maximum Gasteiger partial charge on any atom is 0.339 e. The summed E-state index contributed by atoms with van der Waals surface area (Å²) in [5.74, 6) is -3.19. The Labute approximate surface area is 181 Å². The average molecular weight is 432 g/mol. The quantitative estimate of drug-likeness (QED) is 0.417. The molecule has 0 unspecified atom stereocenters. The standard InChI is InChI=1S/C23H16N2O7/c1-32-19-5-3-2-4-17(19)25-21(28)14-8-6-12(10-15(14)22(25)29)20(27)24-13-7-9-18(26)16(11-13)23(30)31/h2-11,26H,1H3,(H,24,27)(H,30,31). The smallest absolute Gasteiger partial charge is 0.339 e. The van der Waals surface area contributed by atoms with Crippen LogP contribution >= 0.6 is 0 Å². The van der Waals surface area contributed by atoms with Gasteiger partial charge in [0.25, 0.3) is 17.7 Å². The molecular formula is C23H16N2O7. The van der Waals surface area contributed by atoms with E-state index in [1.807, 2.05) is 0 Å². The number of nitrogens with one attached hydrogen (secondary N) is 1. The number of carbonyl (C=O) groups is 4. The van der Waals surface area contributed by atoms with Crippen LogP contribution in [-0.2, 0) is 0 Å². The number of aromatic carboxylic acids is 1. The Morgan fingerprint density at radius 3 is 2.38 bits per heavy atom. The summed E-state index contributed by atoms with van der Waals surface area (Å²) in [6.45, 7) is 0. The third kappa shape index (κ3) is 3.41. The second-order valence-corrected chi connectivity index (χ2v) is 6.87. The van der Waals surface area contributed by atoms with E-state index in [1.54, 1.807) is 24.3 Å². The second-order valence-electron chi connectivity index (χ2n) is 6.87. The summed E-state index contributed by atoms with van der Waals surface area (Å²) >= 11 is 0. The Morgan fingerprint density at radius 2 is 1.66 bits per heavy atom. The van der Waals surface area contributed by atoms with Crippen LogP contribution in [0.1, 0.15) is 41.4 Å². The molecule has 4 rings (SSSR count). The first-order chi connectivity index (χ1) is 15.3. The minimum absolute atomic E-state index is 0.0606. The molecule has 3 N–H and O–H groups in total. The Kier molecular flexibility index (Phi) is 5.07. The Morgan fingerprint density at radius 1 is 0.938 bits per heavy atom. The van der Waals surface area contributed by atoms with Crippen molar-refractivity contribution in [2.75, 3.05) is 17.3 Å². The van der Waals surface area contributed by atoms with E-state index in [0.717, 1.165) is 17.0 Å². The lowest BCUT2D eigenvalue weighted by Crippen LogP contribution is -2.29. The average Bonchev–Trinajstić information content (AvgIpc) is 3.04. The third-order valence-corrected chi connectivity index (χ3v) is 4.96. The van der Waals surface area contributed by atoms with Gasteiger partial charge in [-0.3, -0.25) is 14.4 Å². The highest BCUT2D eigenvalue weighted by Crippen LogP contribution is 2.35. The van der Waals surface area contributed by atoms with Crippen molar-refractivity contribution < 1.29 is 34.1 Å². The third-order valence-electron chi connectivity index (χ3n) is 4.96. The first kappa shape index (κ1) is 20.6. The molecule has 9 heteroatoms. The summed E-state index contributed by atoms with van der Waals surface area (Å²) in [7, 11) is 1.43. The number of carbonyl (C=O) groups excluding carboxylic acids is 3. The number of nitrogens with zero attached hydrogens (tertiary/aromatic N) is 1. The van der Waals surface area contributed by atoms with E-state index in [0.29, 0.717) is 5.75 Å². The highest BCUT2D eigenvalue weighted by atomic mass is 16.5. The molecule has 0 aromatic heterocycles. The molecule has 0 fully saturated rings. The Hall–Kier alpha value is -4.66. The van der Waals surface area contributed by atoms with Crippen LogP contribution in [0.25, 0.3) is 0 Å². The number of hydrogen-bond acceptors (Lipinski definition) is 6. The van der Waals surface area contributed by atoms with Gasteiger partial charge in [0.15, 0.2) is 0 Å². The number of phenols is 1. The zero-order valence-corrected chi connectivity index (χ0v) is 16.7. The first-order valence-corrected chi connectivity index (χ1v) is 9.35. The molecule has 9 nitrogen and oxygen atoms in total. The van der Waals surface area contributed by atoms with E-state index in [-0.39, 0.29) is 33.6 Å². The van der Waals surface area contributed by atoms with Crippen LogP contribution in [0.4, 0.5) is 11.4 Å². The molecular weight excluding hydrogens is 416 g/mol. The predicted molar refractivity (Wildman–Crippen MR) is 114 cm³/mol. The van der Waals surface area contributed by atoms with Gasteiger partial charge in [0, 0.05) is 11.3 Å². The van der Waals surface area contributed by atoms with E-state index in [2.05, 4.69) is 5.32 Å². The molecule has 3 aromatic carbocycles. The monoisotopic (exact) mass is 432 g/mol. The van der Waals surface area contributed by atoms with Gasteiger partial charge >= 0.3 is 5.97 Å². The SMILES string of the molecule is COc1ccccc1N1C(=O)c2ccc(C(=O)Nc3ccc(O)c(C(=O)O)c3)cc2C1=O. The van der Waals surface area contributed by atoms with Gasteiger partial charge in [-0.15, -0.1) is 0 Å². The normalized spacial score (nSPS) is 12.5. The molecule has 1 aliphatic rings. The molecule has 0 spiro atoms. The molecule has 3 amide bonds. The van der Waals surface area contributed by atoms with E-state index < -0.39 is 29.4 Å². The van der Waals surface area contributed by atoms with Crippen LogP contribution in [0.15, 0.2) is 60.7 Å². The van der Waals surface area contributed by atoms with Crippen molar-refractivity contribution in [3.8, 4) is 11.5 Å². The number of benzene rings is 3. The van der Waals surface area contributed by atoms with Crippen molar-refractivity contribution in [1.82, 2.24) is 0 Å². The highest BCUT2D eigenvalue weighted by molar-refractivity contribution is 6.35. The summed E-state index contributed by atoms with van der Waals surface area (Å²) in [4.78, 5) is 50.7. The maximum atomic E-state index is 13.0. The molecule has 0 saturated carbocycles. The Bertz CT molecular complexity index is 1300. The van der Waals surface area contributed by atoms with E-state index in [1.165, 1.54) is 31.4 Å². The van der Waals surface area contributed by atoms with Crippen molar-refractivity contribution in [1.29, 1.82) is 0 Å². The van der Waals surface area contributed by atoms with Gasteiger partial charge in [0.1, 0.15) is 17.1 Å². The lowest BCUT2D eigenvalue weighted by molar-refractivity contribution is 0.0692. The summed E-state index contributed by atoms with van der Waals surface area (Å²) in [5.41, 5.74) is 0.365. The fourth-order valence-electron chi connectivity index (χ4n) is 3.40. The molecule has 1 heterocycles. The fourth-order valence-corrected chi connectivity index (χ4v) is 3.40. The molecule has 160 valence electrons. The van der Waals surface area contributed by atoms with Gasteiger partial charge in [-0.2, -0.15) is 0 Å². The molecule has 0 atom stereocenters. The molecule has 0 saturated heterocycles. The second kappa shape index (κ2) is 7.88. The van der Waals surface area contributed by atoms with Gasteiger partial charge in [0.05, 0.1) is 23.9 Å². The van der Waals surface area contributed by atoms with Gasteiger partial charge in [-0.1, -0.05) is 12.1 Å². The molecule has 3 aromatic rings.